The molecule has 0 aliphatic heterocycles. The Morgan fingerprint density at radius 3 is 1.44 bits per heavy atom. The van der Waals surface area contributed by atoms with Crippen molar-refractivity contribution in [2.45, 2.75) is 19.6 Å². The average molecular weight is 244 g/mol. The molecule has 0 unspecified atom stereocenters. The predicted molar refractivity (Wildman–Crippen MR) is 57.8 cm³/mol. The minimum absolute atomic E-state index is 0.127. The fraction of sp³-hybridized carbons (Fsp3) is 0.667. The molecule has 92 valence electrons. The summed E-state index contributed by atoms with van der Waals surface area (Å²) in [5.74, 6) is 0. The minimum Gasteiger partial charge on any atom is -0.356 e. The van der Waals surface area contributed by atoms with E-state index in [-0.39, 0.29) is 6.42 Å². The van der Waals surface area contributed by atoms with Crippen molar-refractivity contribution < 1.29 is 9.47 Å². The number of ether oxygens (including phenoxy) is 2. The molecule has 1 fully saturated rings. The average Bonchev–Trinajstić information content (AvgIpc) is 2.88. The van der Waals surface area contributed by atoms with Gasteiger partial charge in [-0.25, -0.2) is 0 Å². The third-order valence-electron chi connectivity index (χ3n) is 3.93. The van der Waals surface area contributed by atoms with E-state index in [2.05, 4.69) is 0 Å². The summed E-state index contributed by atoms with van der Waals surface area (Å²) < 4.78 is 10.0. The van der Waals surface area contributed by atoms with Gasteiger partial charge in [0.2, 0.25) is 0 Å². The van der Waals surface area contributed by atoms with Crippen molar-refractivity contribution in [2.24, 2.45) is 16.2 Å². The van der Waals surface area contributed by atoms with Crippen LogP contribution in [0.1, 0.15) is 13.3 Å². The molecule has 0 bridgehead atoms. The Kier molecular flexibility index (Phi) is 3.32. The van der Waals surface area contributed by atoms with E-state index in [0.717, 1.165) is 0 Å². The van der Waals surface area contributed by atoms with Crippen molar-refractivity contribution in [3.63, 3.8) is 0 Å². The van der Waals surface area contributed by atoms with Crippen LogP contribution < -0.4 is 0 Å². The highest BCUT2D eigenvalue weighted by Crippen LogP contribution is 2.79. The molecule has 1 aliphatic carbocycles. The van der Waals surface area contributed by atoms with Crippen LogP contribution in [0.4, 0.5) is 0 Å². The van der Waals surface area contributed by atoms with Crippen LogP contribution in [-0.4, -0.2) is 20.5 Å². The number of hydrogen-bond donors (Lipinski definition) is 0. The smallest absolute Gasteiger partial charge is 0.184 e. The van der Waals surface area contributed by atoms with Crippen LogP contribution in [0.15, 0.2) is 0 Å². The van der Waals surface area contributed by atoms with Crippen LogP contribution in [0, 0.1) is 61.6 Å². The molecule has 0 radical (unpaired) electrons. The summed E-state index contributed by atoms with van der Waals surface area (Å²) in [5.41, 5.74) is -4.37. The largest absolute Gasteiger partial charge is 0.356 e. The van der Waals surface area contributed by atoms with Gasteiger partial charge >= 0.3 is 0 Å². The van der Waals surface area contributed by atoms with E-state index in [0.29, 0.717) is 0 Å². The maximum Gasteiger partial charge on any atom is 0.184 e. The molecule has 1 aliphatic rings. The molecule has 1 saturated carbocycles. The van der Waals surface area contributed by atoms with Crippen molar-refractivity contribution in [1.82, 2.24) is 0 Å². The maximum atomic E-state index is 9.19. The lowest BCUT2D eigenvalue weighted by atomic mass is 9.92. The van der Waals surface area contributed by atoms with Crippen molar-refractivity contribution in [3.05, 3.63) is 0 Å². The van der Waals surface area contributed by atoms with Gasteiger partial charge in [0.05, 0.1) is 24.3 Å². The van der Waals surface area contributed by atoms with Crippen LogP contribution in [0.3, 0.4) is 0 Å². The van der Waals surface area contributed by atoms with Gasteiger partial charge < -0.3 is 9.47 Å². The van der Waals surface area contributed by atoms with Gasteiger partial charge in [0, 0.05) is 26.1 Å². The molecule has 0 N–H and O–H groups in total. The van der Waals surface area contributed by atoms with Crippen molar-refractivity contribution in [3.8, 4) is 24.3 Å². The van der Waals surface area contributed by atoms with Crippen molar-refractivity contribution >= 4 is 0 Å². The Morgan fingerprint density at radius 1 is 0.889 bits per heavy atom. The van der Waals surface area contributed by atoms with Gasteiger partial charge in [-0.1, -0.05) is 6.92 Å². The van der Waals surface area contributed by atoms with Crippen LogP contribution in [0.2, 0.25) is 0 Å². The second-order valence-corrected chi connectivity index (χ2v) is 4.38. The zero-order valence-electron chi connectivity index (χ0n) is 10.4. The summed E-state index contributed by atoms with van der Waals surface area (Å²) in [6.07, 6.45) is -0.540. The summed E-state index contributed by atoms with van der Waals surface area (Å²) >= 11 is 0. The topological polar surface area (TPSA) is 114 Å². The molecule has 0 aromatic carbocycles. The fourth-order valence-electron chi connectivity index (χ4n) is 2.56. The lowest BCUT2D eigenvalue weighted by Crippen LogP contribution is -2.21. The summed E-state index contributed by atoms with van der Waals surface area (Å²) in [4.78, 5) is 0. The van der Waals surface area contributed by atoms with E-state index in [4.69, 9.17) is 9.47 Å². The monoisotopic (exact) mass is 244 g/mol. The lowest BCUT2D eigenvalue weighted by Gasteiger charge is -2.18. The van der Waals surface area contributed by atoms with Gasteiger partial charge in [0.25, 0.3) is 0 Å². The molecular weight excluding hydrogens is 232 g/mol. The van der Waals surface area contributed by atoms with E-state index < -0.39 is 22.5 Å². The van der Waals surface area contributed by atoms with E-state index >= 15 is 0 Å². The molecule has 0 amide bonds. The van der Waals surface area contributed by atoms with Crippen LogP contribution >= 0.6 is 0 Å². The van der Waals surface area contributed by atoms with E-state index in [1.54, 1.807) is 6.92 Å². The predicted octanol–water partition coefficient (Wildman–Crippen LogP) is 1.08. The van der Waals surface area contributed by atoms with Gasteiger partial charge in [-0.05, 0) is 0 Å². The first-order chi connectivity index (χ1) is 8.49. The highest BCUT2D eigenvalue weighted by atomic mass is 16.7. The first kappa shape index (κ1) is 13.9. The second-order valence-electron chi connectivity index (χ2n) is 4.38. The Balaban J connectivity index is 3.26. The zero-order chi connectivity index (χ0) is 14.0. The summed E-state index contributed by atoms with van der Waals surface area (Å²) in [6, 6.07) is 7.29. The first-order valence-electron chi connectivity index (χ1n) is 5.19. The normalized spacial score (nSPS) is 21.1. The third kappa shape index (κ3) is 1.20. The van der Waals surface area contributed by atoms with Gasteiger partial charge in [-0.2, -0.15) is 21.0 Å². The van der Waals surface area contributed by atoms with Gasteiger partial charge in [-0.15, -0.1) is 0 Å². The Hall–Kier alpha value is -2.12. The molecule has 0 saturated heterocycles. The highest BCUT2D eigenvalue weighted by molar-refractivity contribution is 5.55. The van der Waals surface area contributed by atoms with E-state index in [9.17, 15) is 21.0 Å². The fourth-order valence-corrected chi connectivity index (χ4v) is 2.56. The maximum absolute atomic E-state index is 9.19. The van der Waals surface area contributed by atoms with Gasteiger partial charge in [0.15, 0.2) is 17.1 Å². The first-order valence-corrected chi connectivity index (χ1v) is 5.19. The zero-order valence-corrected chi connectivity index (χ0v) is 10.4. The SMILES string of the molecule is COC(CC1(C)C(C#N)(C#N)C1(C#N)C#N)OC. The molecule has 6 heteroatoms. The number of rotatable bonds is 4. The number of hydrogen-bond acceptors (Lipinski definition) is 6. The molecule has 0 aromatic heterocycles. The molecule has 1 rings (SSSR count). The number of nitrogens with zero attached hydrogens (tertiary/aromatic N) is 4. The quantitative estimate of drug-likeness (QED) is 0.683. The van der Waals surface area contributed by atoms with Crippen molar-refractivity contribution in [1.29, 1.82) is 21.0 Å². The Morgan fingerprint density at radius 2 is 1.22 bits per heavy atom. The molecular formula is C12H12N4O2. The summed E-state index contributed by atoms with van der Waals surface area (Å²) in [7, 11) is 2.83. The van der Waals surface area contributed by atoms with E-state index in [1.807, 2.05) is 24.3 Å². The minimum atomic E-state index is -1.64. The second kappa shape index (κ2) is 4.28. The van der Waals surface area contributed by atoms with Crippen LogP contribution in [0.5, 0.6) is 0 Å². The molecule has 6 nitrogen and oxygen atoms in total. The Bertz CT molecular complexity index is 444. The van der Waals surface area contributed by atoms with Crippen LogP contribution in [-0.2, 0) is 9.47 Å². The van der Waals surface area contributed by atoms with Crippen LogP contribution in [0.25, 0.3) is 0 Å². The highest BCUT2D eigenvalue weighted by Gasteiger charge is 2.89. The molecule has 0 heterocycles. The lowest BCUT2D eigenvalue weighted by molar-refractivity contribution is -0.117. The number of nitriles is 4. The standard InChI is InChI=1S/C12H12N4O2/c1-10(4-9(17-2)18-3)11(5-13,6-14)12(10,7-15)8-16/h9H,4H2,1-3H3. The summed E-state index contributed by atoms with van der Waals surface area (Å²) in [5, 5.41) is 36.8. The summed E-state index contributed by atoms with van der Waals surface area (Å²) in [6.45, 7) is 1.57. The van der Waals surface area contributed by atoms with Gasteiger partial charge in [0.1, 0.15) is 0 Å². The Labute approximate surface area is 106 Å². The molecule has 0 aromatic rings. The van der Waals surface area contributed by atoms with E-state index in [1.165, 1.54) is 14.2 Å². The number of methoxy groups -OCH3 is 2. The molecule has 0 atom stereocenters. The van der Waals surface area contributed by atoms with Crippen molar-refractivity contribution in [2.75, 3.05) is 14.2 Å². The third-order valence-corrected chi connectivity index (χ3v) is 3.93. The molecule has 18 heavy (non-hydrogen) atoms. The molecule has 0 spiro atoms. The van der Waals surface area contributed by atoms with Gasteiger partial charge in [-0.3, -0.25) is 0 Å².